The number of anilines is 1. The number of hydrogen-bond acceptors (Lipinski definition) is 5. The monoisotopic (exact) mass is 491 g/mol. The van der Waals surface area contributed by atoms with Gasteiger partial charge in [-0.15, -0.1) is 11.3 Å². The van der Waals surface area contributed by atoms with Crippen LogP contribution in [0.3, 0.4) is 0 Å². The van der Waals surface area contributed by atoms with Crippen molar-refractivity contribution in [3.05, 3.63) is 69.9 Å². The Labute approximate surface area is 196 Å². The summed E-state index contributed by atoms with van der Waals surface area (Å²) in [5, 5.41) is 18.6. The Hall–Kier alpha value is -3.37. The zero-order valence-electron chi connectivity index (χ0n) is 17.7. The quantitative estimate of drug-likeness (QED) is 0.499. The molecule has 0 unspecified atom stereocenters. The van der Waals surface area contributed by atoms with Crippen LogP contribution in [0.15, 0.2) is 54.6 Å². The summed E-state index contributed by atoms with van der Waals surface area (Å²) in [6, 6.07) is 14.8. The number of carboxylic acid groups (broad SMARTS) is 1. The summed E-state index contributed by atoms with van der Waals surface area (Å²) in [7, 11) is 0. The van der Waals surface area contributed by atoms with E-state index in [1.54, 1.807) is 48.5 Å². The van der Waals surface area contributed by atoms with Crippen molar-refractivity contribution in [2.45, 2.75) is 31.7 Å². The number of fused-ring (bicyclic) bond motifs is 1. The smallest absolute Gasteiger partial charge is 0.426 e. The molecule has 2 heterocycles. The number of benzene rings is 2. The second-order valence-corrected chi connectivity index (χ2v) is 8.89. The van der Waals surface area contributed by atoms with Gasteiger partial charge in [0, 0.05) is 22.7 Å². The number of hydrogen-bond donors (Lipinski definition) is 2. The Kier molecular flexibility index (Phi) is 6.63. The van der Waals surface area contributed by atoms with Gasteiger partial charge in [0.1, 0.15) is 23.3 Å². The van der Waals surface area contributed by atoms with E-state index >= 15 is 0 Å². The summed E-state index contributed by atoms with van der Waals surface area (Å²) in [4.78, 5) is 24.2. The summed E-state index contributed by atoms with van der Waals surface area (Å²) in [6.07, 6.45) is -6.33. The molecule has 0 spiro atoms. The molecule has 1 aliphatic heterocycles. The van der Waals surface area contributed by atoms with Gasteiger partial charge in [-0.05, 0) is 41.8 Å². The molecule has 3 aromatic rings. The predicted octanol–water partition coefficient (Wildman–Crippen LogP) is 4.74. The number of rotatable bonds is 7. The van der Waals surface area contributed by atoms with Crippen molar-refractivity contribution < 1.29 is 37.7 Å². The van der Waals surface area contributed by atoms with Crippen LogP contribution < -0.4 is 9.64 Å². The van der Waals surface area contributed by atoms with E-state index in [0.29, 0.717) is 39.6 Å². The van der Waals surface area contributed by atoms with Gasteiger partial charge in [0.25, 0.3) is 5.91 Å². The Morgan fingerprint density at radius 2 is 1.85 bits per heavy atom. The number of ether oxygens (including phenoxy) is 1. The number of thiophene rings is 1. The van der Waals surface area contributed by atoms with E-state index in [1.807, 2.05) is 0 Å². The Morgan fingerprint density at radius 1 is 1.12 bits per heavy atom. The lowest BCUT2D eigenvalue weighted by Gasteiger charge is -2.20. The average Bonchev–Trinajstić information content (AvgIpc) is 3.41. The molecule has 4 rings (SSSR count). The van der Waals surface area contributed by atoms with Crippen LogP contribution in [-0.2, 0) is 28.8 Å². The second-order valence-electron chi connectivity index (χ2n) is 7.75. The van der Waals surface area contributed by atoms with Gasteiger partial charge in [-0.3, -0.25) is 9.59 Å². The maximum Gasteiger partial charge on any atom is 0.426 e. The molecule has 0 aliphatic carbocycles. The normalized spacial score (nSPS) is 14.1. The average molecular weight is 491 g/mol. The number of nitrogens with zero attached hydrogens (tertiary/aromatic N) is 1. The highest BCUT2D eigenvalue weighted by molar-refractivity contribution is 7.12. The van der Waals surface area contributed by atoms with Crippen molar-refractivity contribution in [2.24, 2.45) is 0 Å². The van der Waals surface area contributed by atoms with Gasteiger partial charge in [-0.1, -0.05) is 30.3 Å². The first-order chi connectivity index (χ1) is 16.1. The Balaban J connectivity index is 1.49. The summed E-state index contributed by atoms with van der Waals surface area (Å²) < 4.78 is 46.5. The molecule has 1 atom stereocenters. The molecule has 0 bridgehead atoms. The molecule has 0 radical (unpaired) electrons. The van der Waals surface area contributed by atoms with E-state index in [1.165, 1.54) is 11.0 Å². The first-order valence-corrected chi connectivity index (χ1v) is 11.2. The van der Waals surface area contributed by atoms with Gasteiger partial charge in [0.15, 0.2) is 0 Å². The lowest BCUT2D eigenvalue weighted by Crippen LogP contribution is -2.39. The van der Waals surface area contributed by atoms with E-state index in [4.69, 9.17) is 9.84 Å². The highest BCUT2D eigenvalue weighted by atomic mass is 32.1. The molecule has 2 N–H and O–H groups in total. The molecule has 0 saturated heterocycles. The van der Waals surface area contributed by atoms with Gasteiger partial charge < -0.3 is 19.8 Å². The van der Waals surface area contributed by atoms with Crippen LogP contribution in [0, 0.1) is 0 Å². The molecule has 1 amide bonds. The lowest BCUT2D eigenvalue weighted by molar-refractivity contribution is -0.143. The van der Waals surface area contributed by atoms with E-state index in [-0.39, 0.29) is 18.7 Å². The molecule has 6 nitrogen and oxygen atoms in total. The van der Waals surface area contributed by atoms with Crippen LogP contribution in [0.1, 0.15) is 21.7 Å². The molecule has 10 heteroatoms. The molecule has 34 heavy (non-hydrogen) atoms. The van der Waals surface area contributed by atoms with E-state index in [0.717, 1.165) is 5.56 Å². The minimum atomic E-state index is -4.48. The van der Waals surface area contributed by atoms with Crippen molar-refractivity contribution in [3.63, 3.8) is 0 Å². The summed E-state index contributed by atoms with van der Waals surface area (Å²) in [5.41, 5.74) is 1.90. The number of amides is 1. The molecular weight excluding hydrogens is 471 g/mol. The van der Waals surface area contributed by atoms with Gasteiger partial charge >= 0.3 is 12.1 Å². The number of aliphatic carboxylic acids is 1. The second kappa shape index (κ2) is 9.47. The van der Waals surface area contributed by atoms with Gasteiger partial charge in [-0.2, -0.15) is 13.2 Å². The fourth-order valence-corrected chi connectivity index (χ4v) is 4.80. The Morgan fingerprint density at radius 3 is 2.53 bits per heavy atom. The number of halogens is 3. The van der Waals surface area contributed by atoms with Crippen LogP contribution in [0.2, 0.25) is 0 Å². The maximum absolute atomic E-state index is 13.6. The van der Waals surface area contributed by atoms with Crippen molar-refractivity contribution in [2.75, 3.05) is 11.4 Å². The van der Waals surface area contributed by atoms with Crippen molar-refractivity contribution in [1.82, 2.24) is 0 Å². The number of alkyl halides is 3. The summed E-state index contributed by atoms with van der Waals surface area (Å²) in [6.45, 7) is 0.230. The minimum absolute atomic E-state index is 0.0562. The summed E-state index contributed by atoms with van der Waals surface area (Å²) >= 11 is 0.640. The number of carbonyl (C=O) groups is 2. The first kappa shape index (κ1) is 23.8. The van der Waals surface area contributed by atoms with Crippen LogP contribution in [-0.4, -0.2) is 34.7 Å². The summed E-state index contributed by atoms with van der Waals surface area (Å²) in [5.74, 6) is -1.54. The standard InChI is InChI=1S/C24H20F3NO5S/c25-24(26,27)22-18(14-4-2-1-3-5-14)11-17(34-22)13-33-16-6-7-19-15(10-16)8-9-28(19)23(32)20(29)12-21(30)31/h1-7,10-11,20,29H,8-9,12-13H2,(H,30,31)/t20-/m0/s1. The van der Waals surface area contributed by atoms with Crippen molar-refractivity contribution in [3.8, 4) is 16.9 Å². The van der Waals surface area contributed by atoms with Crippen LogP contribution >= 0.6 is 11.3 Å². The molecule has 1 aromatic heterocycles. The number of carbonyl (C=O) groups excluding carboxylic acids is 1. The van der Waals surface area contributed by atoms with E-state index in [9.17, 15) is 27.9 Å². The number of aliphatic hydroxyl groups excluding tert-OH is 1. The maximum atomic E-state index is 13.6. The fraction of sp³-hybridized carbons (Fsp3) is 0.250. The van der Waals surface area contributed by atoms with Crippen LogP contribution in [0.5, 0.6) is 5.75 Å². The molecule has 178 valence electrons. The van der Waals surface area contributed by atoms with Gasteiger partial charge in [-0.25, -0.2) is 0 Å². The molecule has 0 fully saturated rings. The number of aliphatic hydroxyl groups is 1. The number of carboxylic acids is 1. The van der Waals surface area contributed by atoms with Crippen molar-refractivity contribution in [1.29, 1.82) is 0 Å². The lowest BCUT2D eigenvalue weighted by atomic mass is 10.1. The van der Waals surface area contributed by atoms with Crippen molar-refractivity contribution >= 4 is 28.9 Å². The third-order valence-corrected chi connectivity index (χ3v) is 6.53. The molecular formula is C24H20F3NO5S. The van der Waals surface area contributed by atoms with Crippen LogP contribution in [0.25, 0.3) is 11.1 Å². The Bertz CT molecular complexity index is 1210. The first-order valence-electron chi connectivity index (χ1n) is 10.4. The van der Waals surface area contributed by atoms with Crippen LogP contribution in [0.4, 0.5) is 18.9 Å². The molecule has 1 aliphatic rings. The topological polar surface area (TPSA) is 87.1 Å². The minimum Gasteiger partial charge on any atom is -0.488 e. The van der Waals surface area contributed by atoms with Gasteiger partial charge in [0.2, 0.25) is 0 Å². The third kappa shape index (κ3) is 5.07. The predicted molar refractivity (Wildman–Crippen MR) is 120 cm³/mol. The van der Waals surface area contributed by atoms with E-state index in [2.05, 4.69) is 0 Å². The zero-order valence-corrected chi connectivity index (χ0v) is 18.5. The third-order valence-electron chi connectivity index (χ3n) is 5.37. The van der Waals surface area contributed by atoms with Gasteiger partial charge in [0.05, 0.1) is 6.42 Å². The van der Waals surface area contributed by atoms with E-state index < -0.39 is 35.5 Å². The molecule has 2 aromatic carbocycles. The largest absolute Gasteiger partial charge is 0.488 e. The highest BCUT2D eigenvalue weighted by Crippen LogP contribution is 2.43. The molecule has 0 saturated carbocycles. The fourth-order valence-electron chi connectivity index (χ4n) is 3.84. The SMILES string of the molecule is O=C(O)C[C@H](O)C(=O)N1CCc2cc(OCc3cc(-c4ccccc4)c(C(F)(F)F)s3)ccc21. The zero-order chi connectivity index (χ0) is 24.5. The highest BCUT2D eigenvalue weighted by Gasteiger charge is 2.36.